The molecular formula is C29H31N3O4S2. The number of aryl methyl sites for hydroxylation is 1. The van der Waals surface area contributed by atoms with Gasteiger partial charge < -0.3 is 9.80 Å². The van der Waals surface area contributed by atoms with Crippen LogP contribution in [0.5, 0.6) is 0 Å². The van der Waals surface area contributed by atoms with Gasteiger partial charge in [-0.15, -0.1) is 11.8 Å². The summed E-state index contributed by atoms with van der Waals surface area (Å²) in [5, 5.41) is -0.0640. The van der Waals surface area contributed by atoms with Gasteiger partial charge in [0.1, 0.15) is 5.37 Å². The number of hydrogen-bond donors (Lipinski definition) is 0. The Bertz CT molecular complexity index is 1390. The summed E-state index contributed by atoms with van der Waals surface area (Å²) in [5.74, 6) is 0.477. The number of sulfonamides is 1. The van der Waals surface area contributed by atoms with Gasteiger partial charge in [-0.3, -0.25) is 9.59 Å². The molecule has 3 aromatic rings. The Labute approximate surface area is 228 Å². The van der Waals surface area contributed by atoms with E-state index in [1.807, 2.05) is 54.3 Å². The molecule has 0 N–H and O–H groups in total. The van der Waals surface area contributed by atoms with Gasteiger partial charge in [0.2, 0.25) is 15.9 Å². The third-order valence-corrected chi connectivity index (χ3v) is 10.2. The van der Waals surface area contributed by atoms with Crippen LogP contribution in [-0.4, -0.2) is 72.8 Å². The maximum Gasteiger partial charge on any atom is 0.253 e. The highest BCUT2D eigenvalue weighted by Crippen LogP contribution is 2.38. The molecule has 0 bridgehead atoms. The van der Waals surface area contributed by atoms with Crippen LogP contribution in [0.4, 0.5) is 0 Å². The number of thioether (sulfide) groups is 1. The number of carbonyl (C=O) groups is 2. The SMILES string of the molecule is Cc1ccc(S(=O)(=O)N2CCN(C(=O)c3ccc([C@H]4SCC(=O)N4CCc4ccccc4)cc3)CC2)cc1. The second-order valence-corrected chi connectivity index (χ2v) is 12.6. The molecule has 9 heteroatoms. The summed E-state index contributed by atoms with van der Waals surface area (Å²) in [6.07, 6.45) is 0.797. The van der Waals surface area contributed by atoms with Crippen LogP contribution in [0.25, 0.3) is 0 Å². The van der Waals surface area contributed by atoms with Crippen LogP contribution < -0.4 is 0 Å². The highest BCUT2D eigenvalue weighted by Gasteiger charge is 2.33. The average molecular weight is 550 g/mol. The van der Waals surface area contributed by atoms with Crippen molar-refractivity contribution in [2.45, 2.75) is 23.6 Å². The number of piperazine rings is 1. The van der Waals surface area contributed by atoms with Crippen molar-refractivity contribution < 1.29 is 18.0 Å². The van der Waals surface area contributed by atoms with Crippen LogP contribution in [0.15, 0.2) is 83.8 Å². The van der Waals surface area contributed by atoms with E-state index in [2.05, 4.69) is 12.1 Å². The van der Waals surface area contributed by atoms with Crippen LogP contribution in [0.1, 0.15) is 32.4 Å². The zero-order chi connectivity index (χ0) is 26.7. The fourth-order valence-electron chi connectivity index (χ4n) is 4.83. The van der Waals surface area contributed by atoms with E-state index >= 15 is 0 Å². The molecule has 2 amide bonds. The average Bonchev–Trinajstić information content (AvgIpc) is 3.32. The van der Waals surface area contributed by atoms with Crippen molar-refractivity contribution in [3.63, 3.8) is 0 Å². The van der Waals surface area contributed by atoms with E-state index in [-0.39, 0.29) is 35.2 Å². The molecule has 2 fully saturated rings. The van der Waals surface area contributed by atoms with Gasteiger partial charge in [0.25, 0.3) is 5.91 Å². The molecule has 2 heterocycles. The predicted octanol–water partition coefficient (Wildman–Crippen LogP) is 3.96. The van der Waals surface area contributed by atoms with Crippen molar-refractivity contribution in [1.29, 1.82) is 0 Å². The molecule has 0 saturated carbocycles. The van der Waals surface area contributed by atoms with Gasteiger partial charge in [-0.1, -0.05) is 60.2 Å². The predicted molar refractivity (Wildman–Crippen MR) is 149 cm³/mol. The van der Waals surface area contributed by atoms with E-state index in [4.69, 9.17) is 0 Å². The van der Waals surface area contributed by atoms with Crippen molar-refractivity contribution >= 4 is 33.6 Å². The number of rotatable bonds is 7. The summed E-state index contributed by atoms with van der Waals surface area (Å²) >= 11 is 1.61. The van der Waals surface area contributed by atoms with E-state index < -0.39 is 10.0 Å². The first kappa shape index (κ1) is 26.5. The number of benzene rings is 3. The minimum Gasteiger partial charge on any atom is -0.336 e. The van der Waals surface area contributed by atoms with Gasteiger partial charge in [-0.25, -0.2) is 8.42 Å². The first-order valence-corrected chi connectivity index (χ1v) is 15.2. The molecule has 0 radical (unpaired) electrons. The van der Waals surface area contributed by atoms with Gasteiger partial charge in [-0.05, 0) is 48.7 Å². The number of nitrogens with zero attached hydrogens (tertiary/aromatic N) is 3. The zero-order valence-electron chi connectivity index (χ0n) is 21.3. The molecule has 0 aromatic heterocycles. The molecule has 2 aliphatic heterocycles. The second-order valence-electron chi connectivity index (χ2n) is 9.62. The fraction of sp³-hybridized carbons (Fsp3) is 0.310. The summed E-state index contributed by atoms with van der Waals surface area (Å²) < 4.78 is 27.4. The van der Waals surface area contributed by atoms with Crippen LogP contribution >= 0.6 is 11.8 Å². The Hall–Kier alpha value is -3.14. The molecule has 2 saturated heterocycles. The summed E-state index contributed by atoms with van der Waals surface area (Å²) in [5.41, 5.74) is 3.76. The standard InChI is InChI=1S/C29H31N3O4S2/c1-22-7-13-26(14-8-22)38(35,36)31-19-17-30(18-20-31)28(34)24-9-11-25(12-10-24)29-32(27(33)21-37-29)16-15-23-5-3-2-4-6-23/h2-14,29H,15-21H2,1H3/t29-/m1/s1. The van der Waals surface area contributed by atoms with Gasteiger partial charge in [0.15, 0.2) is 0 Å². The third-order valence-electron chi connectivity index (χ3n) is 7.08. The van der Waals surface area contributed by atoms with Crippen LogP contribution in [0, 0.1) is 6.92 Å². The molecule has 1 atom stereocenters. The summed E-state index contributed by atoms with van der Waals surface area (Å²) in [6.45, 7) is 3.77. The van der Waals surface area contributed by atoms with E-state index in [0.29, 0.717) is 31.0 Å². The lowest BCUT2D eigenvalue weighted by atomic mass is 10.1. The molecule has 7 nitrogen and oxygen atoms in total. The summed E-state index contributed by atoms with van der Waals surface area (Å²) in [6, 6.07) is 24.5. The topological polar surface area (TPSA) is 78.0 Å². The van der Waals surface area contributed by atoms with E-state index in [1.165, 1.54) is 9.87 Å². The lowest BCUT2D eigenvalue weighted by Gasteiger charge is -2.34. The molecule has 3 aromatic carbocycles. The molecule has 0 spiro atoms. The van der Waals surface area contributed by atoms with Crippen molar-refractivity contribution in [1.82, 2.24) is 14.1 Å². The van der Waals surface area contributed by atoms with Gasteiger partial charge in [-0.2, -0.15) is 4.31 Å². The van der Waals surface area contributed by atoms with E-state index in [1.54, 1.807) is 40.9 Å². The fourth-order valence-corrected chi connectivity index (χ4v) is 7.47. The van der Waals surface area contributed by atoms with Gasteiger partial charge >= 0.3 is 0 Å². The Morgan fingerprint density at radius 1 is 0.895 bits per heavy atom. The number of amides is 2. The third kappa shape index (κ3) is 5.65. The largest absolute Gasteiger partial charge is 0.336 e. The Kier molecular flexibility index (Phi) is 7.88. The minimum atomic E-state index is -3.58. The highest BCUT2D eigenvalue weighted by atomic mass is 32.2. The van der Waals surface area contributed by atoms with Crippen LogP contribution in [-0.2, 0) is 21.2 Å². The first-order valence-electron chi connectivity index (χ1n) is 12.7. The quantitative estimate of drug-likeness (QED) is 0.446. The smallest absolute Gasteiger partial charge is 0.253 e. The molecule has 5 rings (SSSR count). The molecule has 198 valence electrons. The van der Waals surface area contributed by atoms with Gasteiger partial charge in [0.05, 0.1) is 10.6 Å². The minimum absolute atomic E-state index is 0.0640. The molecule has 0 aliphatic carbocycles. The van der Waals surface area contributed by atoms with Crippen LogP contribution in [0.3, 0.4) is 0 Å². The monoisotopic (exact) mass is 549 g/mol. The molecular weight excluding hydrogens is 518 g/mol. The van der Waals surface area contributed by atoms with Crippen molar-refractivity contribution in [3.8, 4) is 0 Å². The van der Waals surface area contributed by atoms with Crippen molar-refractivity contribution in [2.75, 3.05) is 38.5 Å². The van der Waals surface area contributed by atoms with Gasteiger partial charge in [0, 0.05) is 38.3 Å². The number of carbonyl (C=O) groups excluding carboxylic acids is 2. The lowest BCUT2D eigenvalue weighted by Crippen LogP contribution is -2.50. The molecule has 38 heavy (non-hydrogen) atoms. The Balaban J connectivity index is 1.20. The zero-order valence-corrected chi connectivity index (χ0v) is 23.0. The number of hydrogen-bond acceptors (Lipinski definition) is 5. The first-order chi connectivity index (χ1) is 18.3. The van der Waals surface area contributed by atoms with E-state index in [0.717, 1.165) is 17.5 Å². The van der Waals surface area contributed by atoms with Crippen molar-refractivity contribution in [3.05, 3.63) is 101 Å². The second kappa shape index (κ2) is 11.3. The summed E-state index contributed by atoms with van der Waals surface area (Å²) in [7, 11) is -3.58. The normalized spacial score (nSPS) is 18.7. The molecule has 2 aliphatic rings. The Morgan fingerprint density at radius 2 is 1.55 bits per heavy atom. The Morgan fingerprint density at radius 3 is 2.21 bits per heavy atom. The summed E-state index contributed by atoms with van der Waals surface area (Å²) in [4.78, 5) is 29.6. The van der Waals surface area contributed by atoms with E-state index in [9.17, 15) is 18.0 Å². The van der Waals surface area contributed by atoms with Crippen LogP contribution in [0.2, 0.25) is 0 Å². The highest BCUT2D eigenvalue weighted by molar-refractivity contribution is 8.00. The maximum atomic E-state index is 13.2. The molecule has 0 unspecified atom stereocenters. The lowest BCUT2D eigenvalue weighted by molar-refractivity contribution is -0.128. The van der Waals surface area contributed by atoms with Crippen molar-refractivity contribution in [2.24, 2.45) is 0 Å². The maximum absolute atomic E-state index is 13.2.